The third-order valence-corrected chi connectivity index (χ3v) is 2.42. The van der Waals surface area contributed by atoms with Crippen LogP contribution in [0.25, 0.3) is 0 Å². The standard InChI is InChI=1S/C8H11BrClN3O/c1-5(2-3-14)12-7-6(9)4-11-8(10)13-7/h4-5,14H,2-3H2,1H3,(H,11,12,13). The highest BCUT2D eigenvalue weighted by Gasteiger charge is 2.07. The van der Waals surface area contributed by atoms with Crippen molar-refractivity contribution in [1.82, 2.24) is 9.97 Å². The first-order valence-corrected chi connectivity index (χ1v) is 5.36. The minimum Gasteiger partial charge on any atom is -0.396 e. The molecule has 4 nitrogen and oxygen atoms in total. The maximum absolute atomic E-state index is 8.73. The summed E-state index contributed by atoms with van der Waals surface area (Å²) in [5.41, 5.74) is 0. The van der Waals surface area contributed by atoms with Gasteiger partial charge in [0.2, 0.25) is 5.28 Å². The number of aliphatic hydroxyl groups is 1. The zero-order valence-electron chi connectivity index (χ0n) is 7.67. The third kappa shape index (κ3) is 3.40. The first kappa shape index (κ1) is 11.7. The predicted molar refractivity (Wildman–Crippen MR) is 59.5 cm³/mol. The van der Waals surface area contributed by atoms with Crippen molar-refractivity contribution in [2.45, 2.75) is 19.4 Å². The number of hydrogen-bond acceptors (Lipinski definition) is 4. The number of aromatic nitrogens is 2. The summed E-state index contributed by atoms with van der Waals surface area (Å²) in [6.45, 7) is 2.10. The van der Waals surface area contributed by atoms with Crippen LogP contribution >= 0.6 is 27.5 Å². The van der Waals surface area contributed by atoms with Crippen LogP contribution in [0.3, 0.4) is 0 Å². The SMILES string of the molecule is CC(CCO)Nc1nc(Cl)ncc1Br. The van der Waals surface area contributed by atoms with Gasteiger partial charge in [-0.1, -0.05) is 0 Å². The molecule has 14 heavy (non-hydrogen) atoms. The molecule has 2 N–H and O–H groups in total. The Morgan fingerprint density at radius 2 is 2.43 bits per heavy atom. The van der Waals surface area contributed by atoms with Gasteiger partial charge in [-0.2, -0.15) is 4.98 Å². The Morgan fingerprint density at radius 3 is 3.07 bits per heavy atom. The number of halogens is 2. The van der Waals surface area contributed by atoms with Crippen LogP contribution < -0.4 is 5.32 Å². The maximum atomic E-state index is 8.73. The number of anilines is 1. The van der Waals surface area contributed by atoms with Gasteiger partial charge in [-0.05, 0) is 40.9 Å². The minimum absolute atomic E-state index is 0.141. The first-order chi connectivity index (χ1) is 6.63. The molecule has 0 spiro atoms. The van der Waals surface area contributed by atoms with Crippen molar-refractivity contribution in [2.24, 2.45) is 0 Å². The van der Waals surface area contributed by atoms with Gasteiger partial charge in [-0.3, -0.25) is 0 Å². The van der Waals surface area contributed by atoms with Gasteiger partial charge in [0.1, 0.15) is 5.82 Å². The summed E-state index contributed by atoms with van der Waals surface area (Å²) in [5.74, 6) is 0.644. The first-order valence-electron chi connectivity index (χ1n) is 4.19. The van der Waals surface area contributed by atoms with Crippen molar-refractivity contribution in [1.29, 1.82) is 0 Å². The molecule has 1 aromatic rings. The summed E-state index contributed by atoms with van der Waals surface area (Å²) in [6.07, 6.45) is 2.25. The largest absolute Gasteiger partial charge is 0.396 e. The van der Waals surface area contributed by atoms with Crippen LogP contribution in [0, 0.1) is 0 Å². The Labute approximate surface area is 95.8 Å². The van der Waals surface area contributed by atoms with Crippen molar-refractivity contribution < 1.29 is 5.11 Å². The number of nitrogens with one attached hydrogen (secondary N) is 1. The molecule has 1 heterocycles. The van der Waals surface area contributed by atoms with E-state index in [9.17, 15) is 0 Å². The highest BCUT2D eigenvalue weighted by molar-refractivity contribution is 9.10. The molecule has 1 rings (SSSR count). The summed E-state index contributed by atoms with van der Waals surface area (Å²) in [7, 11) is 0. The van der Waals surface area contributed by atoms with Crippen molar-refractivity contribution in [2.75, 3.05) is 11.9 Å². The van der Waals surface area contributed by atoms with Crippen LogP contribution in [-0.4, -0.2) is 27.7 Å². The molecule has 0 saturated heterocycles. The van der Waals surface area contributed by atoms with Gasteiger partial charge >= 0.3 is 0 Å². The molecular weight excluding hydrogens is 269 g/mol. The smallest absolute Gasteiger partial charge is 0.224 e. The molecule has 0 amide bonds. The molecule has 0 aliphatic heterocycles. The van der Waals surface area contributed by atoms with E-state index in [2.05, 4.69) is 31.2 Å². The van der Waals surface area contributed by atoms with Crippen molar-refractivity contribution >= 4 is 33.3 Å². The summed E-state index contributed by atoms with van der Waals surface area (Å²) < 4.78 is 0.756. The van der Waals surface area contributed by atoms with Gasteiger partial charge in [0, 0.05) is 18.8 Å². The van der Waals surface area contributed by atoms with Gasteiger partial charge in [0.05, 0.1) is 4.47 Å². The Balaban J connectivity index is 2.70. The van der Waals surface area contributed by atoms with Crippen molar-refractivity contribution in [3.05, 3.63) is 16.0 Å². The van der Waals surface area contributed by atoms with E-state index in [1.165, 1.54) is 0 Å². The van der Waals surface area contributed by atoms with Crippen molar-refractivity contribution in [3.63, 3.8) is 0 Å². The lowest BCUT2D eigenvalue weighted by atomic mass is 10.2. The summed E-state index contributed by atoms with van der Waals surface area (Å²) >= 11 is 8.95. The van der Waals surface area contributed by atoms with Crippen LogP contribution in [-0.2, 0) is 0 Å². The number of hydrogen-bond donors (Lipinski definition) is 2. The van der Waals surface area contributed by atoms with Gasteiger partial charge in [0.15, 0.2) is 0 Å². The fourth-order valence-corrected chi connectivity index (χ4v) is 1.38. The second-order valence-electron chi connectivity index (χ2n) is 2.89. The molecule has 0 fully saturated rings. The molecule has 0 aliphatic rings. The monoisotopic (exact) mass is 279 g/mol. The lowest BCUT2D eigenvalue weighted by Crippen LogP contribution is -2.17. The van der Waals surface area contributed by atoms with E-state index in [0.717, 1.165) is 4.47 Å². The lowest BCUT2D eigenvalue weighted by Gasteiger charge is -2.13. The Bertz CT molecular complexity index is 311. The zero-order chi connectivity index (χ0) is 10.6. The molecule has 0 aliphatic carbocycles. The van der Waals surface area contributed by atoms with E-state index >= 15 is 0 Å². The fraction of sp³-hybridized carbons (Fsp3) is 0.500. The minimum atomic E-state index is 0.141. The van der Waals surface area contributed by atoms with E-state index in [1.807, 2.05) is 6.92 Å². The normalized spacial score (nSPS) is 12.6. The molecular formula is C8H11BrClN3O. The molecule has 1 atom stereocenters. The van der Waals surface area contributed by atoms with Crippen LogP contribution in [0.4, 0.5) is 5.82 Å². The lowest BCUT2D eigenvalue weighted by molar-refractivity contribution is 0.282. The molecule has 0 aromatic carbocycles. The van der Waals surface area contributed by atoms with Gasteiger partial charge in [-0.25, -0.2) is 4.98 Å². The number of nitrogens with zero attached hydrogens (tertiary/aromatic N) is 2. The quantitative estimate of drug-likeness (QED) is 0.829. The summed E-state index contributed by atoms with van der Waals surface area (Å²) in [5, 5.41) is 12.0. The van der Waals surface area contributed by atoms with Crippen LogP contribution in [0.15, 0.2) is 10.7 Å². The molecule has 1 aromatic heterocycles. The molecule has 78 valence electrons. The summed E-state index contributed by atoms with van der Waals surface area (Å²) in [6, 6.07) is 0.141. The fourth-order valence-electron chi connectivity index (χ4n) is 0.946. The van der Waals surface area contributed by atoms with Gasteiger partial charge < -0.3 is 10.4 Å². The maximum Gasteiger partial charge on any atom is 0.224 e. The van der Waals surface area contributed by atoms with E-state index in [1.54, 1.807) is 6.20 Å². The highest BCUT2D eigenvalue weighted by Crippen LogP contribution is 2.21. The number of rotatable bonds is 4. The average Bonchev–Trinajstić information content (AvgIpc) is 2.12. The zero-order valence-corrected chi connectivity index (χ0v) is 10.0. The van der Waals surface area contributed by atoms with E-state index in [0.29, 0.717) is 12.2 Å². The average molecular weight is 281 g/mol. The van der Waals surface area contributed by atoms with Crippen molar-refractivity contribution in [3.8, 4) is 0 Å². The molecule has 1 unspecified atom stereocenters. The van der Waals surface area contributed by atoms with Crippen LogP contribution in [0.2, 0.25) is 5.28 Å². The highest BCUT2D eigenvalue weighted by atomic mass is 79.9. The predicted octanol–water partition coefficient (Wildman–Crippen LogP) is 2.08. The van der Waals surface area contributed by atoms with E-state index < -0.39 is 0 Å². The molecule has 0 bridgehead atoms. The molecule has 0 saturated carbocycles. The number of aliphatic hydroxyl groups excluding tert-OH is 1. The molecule has 6 heteroatoms. The van der Waals surface area contributed by atoms with Crippen LogP contribution in [0.5, 0.6) is 0 Å². The Morgan fingerprint density at radius 1 is 1.71 bits per heavy atom. The Kier molecular flexibility index (Phi) is 4.57. The van der Waals surface area contributed by atoms with Crippen LogP contribution in [0.1, 0.15) is 13.3 Å². The third-order valence-electron chi connectivity index (χ3n) is 1.66. The second-order valence-corrected chi connectivity index (χ2v) is 4.09. The van der Waals surface area contributed by atoms with Gasteiger partial charge in [0.25, 0.3) is 0 Å². The van der Waals surface area contributed by atoms with E-state index in [-0.39, 0.29) is 17.9 Å². The Hall–Kier alpha value is -0.390. The second kappa shape index (κ2) is 5.48. The molecule has 0 radical (unpaired) electrons. The topological polar surface area (TPSA) is 58.0 Å². The van der Waals surface area contributed by atoms with E-state index in [4.69, 9.17) is 16.7 Å². The summed E-state index contributed by atoms with van der Waals surface area (Å²) in [4.78, 5) is 7.82. The van der Waals surface area contributed by atoms with Gasteiger partial charge in [-0.15, -0.1) is 0 Å².